The van der Waals surface area contributed by atoms with Gasteiger partial charge in [0.05, 0.1) is 11.3 Å². The van der Waals surface area contributed by atoms with Crippen LogP contribution in [0, 0.1) is 0 Å². The molecule has 0 aromatic heterocycles. The molecule has 3 nitrogen and oxygen atoms in total. The molecule has 0 fully saturated rings. The number of hydrogen-bond acceptors (Lipinski definition) is 2. The highest BCUT2D eigenvalue weighted by Gasteiger charge is 2.37. The minimum atomic E-state index is -0.339. The lowest BCUT2D eigenvalue weighted by Crippen LogP contribution is -2.55. The van der Waals surface area contributed by atoms with E-state index < -0.39 is 0 Å². The van der Waals surface area contributed by atoms with E-state index in [2.05, 4.69) is 5.32 Å². The van der Waals surface area contributed by atoms with Crippen molar-refractivity contribution in [3.05, 3.63) is 28.8 Å². The van der Waals surface area contributed by atoms with Crippen molar-refractivity contribution in [1.82, 2.24) is 4.90 Å². The summed E-state index contributed by atoms with van der Waals surface area (Å²) < 4.78 is 0. The molecule has 16 heavy (non-hydrogen) atoms. The third-order valence-electron chi connectivity index (χ3n) is 3.35. The van der Waals surface area contributed by atoms with E-state index in [1.807, 2.05) is 20.9 Å². The second-order valence-electron chi connectivity index (χ2n) is 4.31. The Morgan fingerprint density at radius 1 is 1.50 bits per heavy atom. The molecule has 0 aliphatic carbocycles. The van der Waals surface area contributed by atoms with Crippen LogP contribution in [-0.2, 0) is 0 Å². The molecule has 0 spiro atoms. The van der Waals surface area contributed by atoms with Gasteiger partial charge >= 0.3 is 0 Å². The highest BCUT2D eigenvalue weighted by atomic mass is 35.5. The molecule has 4 heteroatoms. The molecule has 2 rings (SSSR count). The van der Waals surface area contributed by atoms with Gasteiger partial charge in [-0.05, 0) is 31.5 Å². The normalized spacial score (nSPS) is 24.0. The van der Waals surface area contributed by atoms with Crippen LogP contribution in [-0.4, -0.2) is 23.5 Å². The van der Waals surface area contributed by atoms with Crippen molar-refractivity contribution in [2.75, 3.05) is 12.4 Å². The van der Waals surface area contributed by atoms with Gasteiger partial charge in [0.1, 0.15) is 5.66 Å². The Kier molecular flexibility index (Phi) is 2.58. The molecule has 1 aromatic carbocycles. The van der Waals surface area contributed by atoms with Crippen molar-refractivity contribution < 1.29 is 4.79 Å². The highest BCUT2D eigenvalue weighted by molar-refractivity contribution is 6.31. The van der Waals surface area contributed by atoms with Crippen molar-refractivity contribution >= 4 is 23.2 Å². The zero-order valence-electron chi connectivity index (χ0n) is 9.67. The van der Waals surface area contributed by atoms with E-state index >= 15 is 0 Å². The number of nitrogens with one attached hydrogen (secondary N) is 1. The summed E-state index contributed by atoms with van der Waals surface area (Å²) in [6.45, 7) is 4.06. The highest BCUT2D eigenvalue weighted by Crippen LogP contribution is 2.33. The van der Waals surface area contributed by atoms with Gasteiger partial charge in [0.25, 0.3) is 5.91 Å². The Hall–Kier alpha value is -1.22. The molecule has 1 aliphatic rings. The molecule has 1 aromatic rings. The summed E-state index contributed by atoms with van der Waals surface area (Å²) in [4.78, 5) is 13.9. The van der Waals surface area contributed by atoms with Gasteiger partial charge in [-0.15, -0.1) is 0 Å². The summed E-state index contributed by atoms with van der Waals surface area (Å²) in [6.07, 6.45) is 0.835. The zero-order chi connectivity index (χ0) is 11.9. The molecule has 0 bridgehead atoms. The number of nitrogens with zero attached hydrogens (tertiary/aromatic N) is 1. The molecule has 1 amide bonds. The zero-order valence-corrected chi connectivity index (χ0v) is 10.4. The Labute approximate surface area is 100 Å². The Morgan fingerprint density at radius 3 is 2.81 bits per heavy atom. The number of rotatable bonds is 1. The van der Waals surface area contributed by atoms with Gasteiger partial charge in [0.15, 0.2) is 0 Å². The first kappa shape index (κ1) is 11.3. The SMILES string of the molecule is CC[C@]1(C)Nc2cc(Cl)ccc2C(=O)N1C. The number of anilines is 1. The van der Waals surface area contributed by atoms with Gasteiger partial charge < -0.3 is 10.2 Å². The fourth-order valence-corrected chi connectivity index (χ4v) is 2.08. The number of carbonyl (C=O) groups excluding carboxylic acids is 1. The lowest BCUT2D eigenvalue weighted by molar-refractivity contribution is 0.0614. The smallest absolute Gasteiger partial charge is 0.257 e. The average Bonchev–Trinajstić information content (AvgIpc) is 2.26. The molecule has 0 saturated heterocycles. The summed E-state index contributed by atoms with van der Waals surface area (Å²) >= 11 is 5.93. The van der Waals surface area contributed by atoms with E-state index in [0.29, 0.717) is 10.6 Å². The van der Waals surface area contributed by atoms with Crippen LogP contribution in [0.2, 0.25) is 5.02 Å². The number of benzene rings is 1. The van der Waals surface area contributed by atoms with Crippen molar-refractivity contribution in [3.8, 4) is 0 Å². The number of fused-ring (bicyclic) bond motifs is 1. The van der Waals surface area contributed by atoms with E-state index in [1.165, 1.54) is 0 Å². The van der Waals surface area contributed by atoms with Crippen LogP contribution < -0.4 is 5.32 Å². The van der Waals surface area contributed by atoms with Crippen LogP contribution in [0.5, 0.6) is 0 Å². The molecular weight excluding hydrogens is 224 g/mol. The van der Waals surface area contributed by atoms with Crippen molar-refractivity contribution in [1.29, 1.82) is 0 Å². The second kappa shape index (κ2) is 3.67. The van der Waals surface area contributed by atoms with Gasteiger partial charge in [-0.3, -0.25) is 4.79 Å². The molecule has 0 unspecified atom stereocenters. The number of halogens is 1. The lowest BCUT2D eigenvalue weighted by Gasteiger charge is -2.44. The van der Waals surface area contributed by atoms with Crippen molar-refractivity contribution in [2.45, 2.75) is 25.9 Å². The van der Waals surface area contributed by atoms with E-state index in [4.69, 9.17) is 11.6 Å². The van der Waals surface area contributed by atoms with Gasteiger partial charge in [0, 0.05) is 12.1 Å². The van der Waals surface area contributed by atoms with Crippen LogP contribution in [0.15, 0.2) is 18.2 Å². The Balaban J connectivity index is 2.53. The molecule has 0 saturated carbocycles. The molecule has 1 aliphatic heterocycles. The summed E-state index contributed by atoms with van der Waals surface area (Å²) in [7, 11) is 1.82. The maximum absolute atomic E-state index is 12.1. The Morgan fingerprint density at radius 2 is 2.19 bits per heavy atom. The van der Waals surface area contributed by atoms with Gasteiger partial charge in [-0.2, -0.15) is 0 Å². The van der Waals surface area contributed by atoms with Crippen molar-refractivity contribution in [2.24, 2.45) is 0 Å². The summed E-state index contributed by atoms with van der Waals surface area (Å²) in [5.41, 5.74) is 1.16. The Bertz CT molecular complexity index is 447. The molecule has 0 radical (unpaired) electrons. The standard InChI is InChI=1S/C12H15ClN2O/c1-4-12(2)14-10-7-8(13)5-6-9(10)11(16)15(12)3/h5-7,14H,4H2,1-3H3/t12-/m1/s1. The number of carbonyl (C=O) groups is 1. The number of amides is 1. The van der Waals surface area contributed by atoms with Gasteiger partial charge in [-0.25, -0.2) is 0 Å². The van der Waals surface area contributed by atoms with Crippen LogP contribution in [0.4, 0.5) is 5.69 Å². The van der Waals surface area contributed by atoms with Gasteiger partial charge in [0.2, 0.25) is 0 Å². The molecule has 86 valence electrons. The van der Waals surface area contributed by atoms with Crippen LogP contribution in [0.25, 0.3) is 0 Å². The predicted molar refractivity (Wildman–Crippen MR) is 65.9 cm³/mol. The first-order valence-corrected chi connectivity index (χ1v) is 5.71. The maximum Gasteiger partial charge on any atom is 0.257 e. The molecule has 1 heterocycles. The van der Waals surface area contributed by atoms with Crippen LogP contribution in [0.3, 0.4) is 0 Å². The minimum absolute atomic E-state index is 0.0368. The fourth-order valence-electron chi connectivity index (χ4n) is 1.91. The second-order valence-corrected chi connectivity index (χ2v) is 4.74. The maximum atomic E-state index is 12.1. The minimum Gasteiger partial charge on any atom is -0.362 e. The third kappa shape index (κ3) is 1.55. The quantitative estimate of drug-likeness (QED) is 0.816. The first-order valence-electron chi connectivity index (χ1n) is 5.34. The third-order valence-corrected chi connectivity index (χ3v) is 3.58. The molecule has 1 N–H and O–H groups in total. The van der Waals surface area contributed by atoms with E-state index in [0.717, 1.165) is 12.1 Å². The molecule has 1 atom stereocenters. The predicted octanol–water partition coefficient (Wildman–Crippen LogP) is 2.96. The number of hydrogen-bond donors (Lipinski definition) is 1. The summed E-state index contributed by atoms with van der Waals surface area (Å²) in [5, 5.41) is 4.01. The van der Waals surface area contributed by atoms with Crippen LogP contribution in [0.1, 0.15) is 30.6 Å². The van der Waals surface area contributed by atoms with E-state index in [-0.39, 0.29) is 11.6 Å². The largest absolute Gasteiger partial charge is 0.362 e. The average molecular weight is 239 g/mol. The summed E-state index contributed by atoms with van der Waals surface area (Å²) in [6, 6.07) is 5.30. The molecular formula is C12H15ClN2O. The fraction of sp³-hybridized carbons (Fsp3) is 0.417. The monoisotopic (exact) mass is 238 g/mol. The van der Waals surface area contributed by atoms with Gasteiger partial charge in [-0.1, -0.05) is 18.5 Å². The first-order chi connectivity index (χ1) is 7.48. The lowest BCUT2D eigenvalue weighted by atomic mass is 9.99. The summed E-state index contributed by atoms with van der Waals surface area (Å²) in [5.74, 6) is 0.0368. The van der Waals surface area contributed by atoms with Crippen LogP contribution >= 0.6 is 11.6 Å². The van der Waals surface area contributed by atoms with E-state index in [9.17, 15) is 4.79 Å². The van der Waals surface area contributed by atoms with Crippen molar-refractivity contribution in [3.63, 3.8) is 0 Å². The van der Waals surface area contributed by atoms with E-state index in [1.54, 1.807) is 23.1 Å². The topological polar surface area (TPSA) is 32.3 Å².